The minimum atomic E-state index is -0.142. The molecule has 0 aliphatic carbocycles. The molecule has 0 aliphatic heterocycles. The lowest BCUT2D eigenvalue weighted by molar-refractivity contribution is 0.745. The van der Waals surface area contributed by atoms with Crippen molar-refractivity contribution in [2.45, 2.75) is 13.0 Å². The van der Waals surface area contributed by atoms with E-state index in [0.717, 1.165) is 0 Å². The zero-order chi connectivity index (χ0) is 9.26. The van der Waals surface area contributed by atoms with Crippen LogP contribution in [-0.2, 0) is 0 Å². The molecule has 0 saturated carbocycles. The summed E-state index contributed by atoms with van der Waals surface area (Å²) in [7, 11) is 0. The molecular weight excluding hydrogens is 168 g/mol. The smallest absolute Gasteiger partial charge is 0.217 e. The zero-order valence-electron chi connectivity index (χ0n) is 7.15. The Labute approximate surface area is 74.6 Å². The summed E-state index contributed by atoms with van der Waals surface area (Å²) >= 11 is 0. The first-order valence-corrected chi connectivity index (χ1v) is 3.95. The van der Waals surface area contributed by atoms with Crippen molar-refractivity contribution in [1.82, 2.24) is 25.1 Å². The molecule has 13 heavy (non-hydrogen) atoms. The number of hydrogen-bond acceptors (Lipinski definition) is 4. The Bertz CT molecular complexity index is 373. The summed E-state index contributed by atoms with van der Waals surface area (Å²) < 4.78 is 0. The number of nitrogens with one attached hydrogen (secondary N) is 2. The maximum absolute atomic E-state index is 5.62. The SMILES string of the molecule is CC(N)c1nc(-c2ncc[nH]2)n[nH]1. The highest BCUT2D eigenvalue weighted by Gasteiger charge is 2.09. The topological polar surface area (TPSA) is 96.3 Å². The molecule has 0 radical (unpaired) electrons. The fourth-order valence-corrected chi connectivity index (χ4v) is 0.971. The maximum atomic E-state index is 5.62. The van der Waals surface area contributed by atoms with E-state index in [1.165, 1.54) is 0 Å². The van der Waals surface area contributed by atoms with Crippen LogP contribution in [0.1, 0.15) is 18.8 Å². The second kappa shape index (κ2) is 2.98. The number of rotatable bonds is 2. The van der Waals surface area contributed by atoms with Crippen molar-refractivity contribution in [3.63, 3.8) is 0 Å². The Morgan fingerprint density at radius 2 is 2.38 bits per heavy atom. The number of aromatic amines is 2. The molecule has 0 saturated heterocycles. The molecule has 4 N–H and O–H groups in total. The van der Waals surface area contributed by atoms with E-state index in [4.69, 9.17) is 5.73 Å². The fourth-order valence-electron chi connectivity index (χ4n) is 0.971. The second-order valence-corrected chi connectivity index (χ2v) is 2.77. The van der Waals surface area contributed by atoms with Gasteiger partial charge in [-0.1, -0.05) is 0 Å². The first-order chi connectivity index (χ1) is 6.27. The van der Waals surface area contributed by atoms with Crippen LogP contribution in [0.15, 0.2) is 12.4 Å². The molecule has 2 heterocycles. The van der Waals surface area contributed by atoms with Crippen molar-refractivity contribution in [3.8, 4) is 11.6 Å². The number of nitrogens with two attached hydrogens (primary N) is 1. The van der Waals surface area contributed by atoms with Gasteiger partial charge in [0.15, 0.2) is 5.82 Å². The first kappa shape index (κ1) is 7.93. The summed E-state index contributed by atoms with van der Waals surface area (Å²) in [5.74, 6) is 1.84. The van der Waals surface area contributed by atoms with Crippen LogP contribution in [0.25, 0.3) is 11.6 Å². The Morgan fingerprint density at radius 1 is 1.54 bits per heavy atom. The van der Waals surface area contributed by atoms with Gasteiger partial charge in [-0.2, -0.15) is 5.10 Å². The van der Waals surface area contributed by atoms with Gasteiger partial charge in [0.05, 0.1) is 6.04 Å². The van der Waals surface area contributed by atoms with Gasteiger partial charge in [-0.05, 0) is 6.92 Å². The van der Waals surface area contributed by atoms with Gasteiger partial charge < -0.3 is 10.7 Å². The standard InChI is InChI=1S/C7H10N6/c1-4(8)5-11-7(13-12-5)6-9-2-3-10-6/h2-4H,8H2,1H3,(H,9,10)(H,11,12,13). The van der Waals surface area contributed by atoms with Gasteiger partial charge >= 0.3 is 0 Å². The zero-order valence-corrected chi connectivity index (χ0v) is 7.15. The molecule has 1 atom stereocenters. The second-order valence-electron chi connectivity index (χ2n) is 2.77. The van der Waals surface area contributed by atoms with Crippen LogP contribution in [0.4, 0.5) is 0 Å². The van der Waals surface area contributed by atoms with Gasteiger partial charge in [-0.15, -0.1) is 0 Å². The molecule has 2 aromatic heterocycles. The van der Waals surface area contributed by atoms with E-state index in [1.807, 2.05) is 6.92 Å². The molecule has 2 rings (SSSR count). The Hall–Kier alpha value is -1.69. The minimum absolute atomic E-state index is 0.142. The molecule has 2 aromatic rings. The van der Waals surface area contributed by atoms with Crippen molar-refractivity contribution in [2.75, 3.05) is 0 Å². The number of hydrogen-bond donors (Lipinski definition) is 3. The minimum Gasteiger partial charge on any atom is -0.342 e. The normalized spacial score (nSPS) is 13.1. The fraction of sp³-hybridized carbons (Fsp3) is 0.286. The monoisotopic (exact) mass is 178 g/mol. The predicted molar refractivity (Wildman–Crippen MR) is 46.6 cm³/mol. The molecule has 0 amide bonds. The van der Waals surface area contributed by atoms with Crippen molar-refractivity contribution < 1.29 is 0 Å². The van der Waals surface area contributed by atoms with Crippen LogP contribution in [-0.4, -0.2) is 25.1 Å². The molecule has 0 spiro atoms. The molecule has 0 aromatic carbocycles. The summed E-state index contributed by atoms with van der Waals surface area (Å²) in [6.45, 7) is 1.84. The third-order valence-corrected chi connectivity index (χ3v) is 1.64. The van der Waals surface area contributed by atoms with Gasteiger partial charge in [0.2, 0.25) is 5.82 Å². The summed E-state index contributed by atoms with van der Waals surface area (Å²) in [5.41, 5.74) is 5.62. The molecule has 0 aliphatic rings. The van der Waals surface area contributed by atoms with E-state index < -0.39 is 0 Å². The van der Waals surface area contributed by atoms with E-state index in [1.54, 1.807) is 12.4 Å². The van der Waals surface area contributed by atoms with Gasteiger partial charge in [-0.3, -0.25) is 5.10 Å². The van der Waals surface area contributed by atoms with E-state index in [-0.39, 0.29) is 6.04 Å². The van der Waals surface area contributed by atoms with E-state index in [9.17, 15) is 0 Å². The number of nitrogens with zero attached hydrogens (tertiary/aromatic N) is 3. The van der Waals surface area contributed by atoms with Gasteiger partial charge in [0.1, 0.15) is 5.82 Å². The van der Waals surface area contributed by atoms with Crippen molar-refractivity contribution >= 4 is 0 Å². The summed E-state index contributed by atoms with van der Waals surface area (Å²) in [6.07, 6.45) is 3.37. The highest BCUT2D eigenvalue weighted by molar-refractivity contribution is 5.41. The van der Waals surface area contributed by atoms with Crippen molar-refractivity contribution in [2.24, 2.45) is 5.73 Å². The molecule has 68 valence electrons. The van der Waals surface area contributed by atoms with Crippen LogP contribution >= 0.6 is 0 Å². The maximum Gasteiger partial charge on any atom is 0.217 e. The molecule has 6 nitrogen and oxygen atoms in total. The average Bonchev–Trinajstić information content (AvgIpc) is 2.75. The summed E-state index contributed by atoms with van der Waals surface area (Å²) in [4.78, 5) is 11.1. The molecule has 6 heteroatoms. The van der Waals surface area contributed by atoms with Gasteiger partial charge in [0.25, 0.3) is 0 Å². The van der Waals surface area contributed by atoms with E-state index in [2.05, 4.69) is 25.1 Å². The van der Waals surface area contributed by atoms with E-state index >= 15 is 0 Å². The molecule has 0 fully saturated rings. The molecular formula is C7H10N6. The van der Waals surface area contributed by atoms with Crippen LogP contribution in [0.2, 0.25) is 0 Å². The molecule has 1 unspecified atom stereocenters. The quantitative estimate of drug-likeness (QED) is 0.612. The highest BCUT2D eigenvalue weighted by atomic mass is 15.2. The summed E-state index contributed by atoms with van der Waals surface area (Å²) in [6, 6.07) is -0.142. The van der Waals surface area contributed by atoms with Crippen LogP contribution in [0, 0.1) is 0 Å². The van der Waals surface area contributed by atoms with Crippen molar-refractivity contribution in [3.05, 3.63) is 18.2 Å². The first-order valence-electron chi connectivity index (χ1n) is 3.95. The highest BCUT2D eigenvalue weighted by Crippen LogP contribution is 2.10. The number of aromatic nitrogens is 5. The lowest BCUT2D eigenvalue weighted by Crippen LogP contribution is -2.06. The Balaban J connectivity index is 2.33. The third kappa shape index (κ3) is 1.43. The summed E-state index contributed by atoms with van der Waals surface area (Å²) in [5, 5.41) is 6.72. The van der Waals surface area contributed by atoms with Crippen LogP contribution in [0.5, 0.6) is 0 Å². The van der Waals surface area contributed by atoms with Crippen LogP contribution in [0.3, 0.4) is 0 Å². The van der Waals surface area contributed by atoms with Gasteiger partial charge in [0, 0.05) is 12.4 Å². The number of imidazole rings is 1. The Morgan fingerprint density at radius 3 is 2.92 bits per heavy atom. The molecule has 0 bridgehead atoms. The lowest BCUT2D eigenvalue weighted by Gasteiger charge is -1.95. The van der Waals surface area contributed by atoms with Gasteiger partial charge in [-0.25, -0.2) is 9.97 Å². The largest absolute Gasteiger partial charge is 0.342 e. The predicted octanol–water partition coefficient (Wildman–Crippen LogP) is 0.214. The third-order valence-electron chi connectivity index (χ3n) is 1.64. The lowest BCUT2D eigenvalue weighted by atomic mass is 10.3. The van der Waals surface area contributed by atoms with E-state index in [0.29, 0.717) is 17.5 Å². The average molecular weight is 178 g/mol. The number of H-pyrrole nitrogens is 2. The van der Waals surface area contributed by atoms with Crippen LogP contribution < -0.4 is 5.73 Å². The Kier molecular flexibility index (Phi) is 1.82. The van der Waals surface area contributed by atoms with Crippen molar-refractivity contribution in [1.29, 1.82) is 0 Å².